The molecule has 4 heteroatoms. The molecule has 0 saturated heterocycles. The normalized spacial score (nSPS) is 11.9. The lowest BCUT2D eigenvalue weighted by molar-refractivity contribution is 0.0236. The molecule has 0 aliphatic heterocycles. The summed E-state index contributed by atoms with van der Waals surface area (Å²) >= 11 is 0. The number of benzene rings is 1. The van der Waals surface area contributed by atoms with Crippen LogP contribution in [0.5, 0.6) is 5.75 Å². The molecule has 0 bridgehead atoms. The molecule has 0 atom stereocenters. The van der Waals surface area contributed by atoms with Crippen molar-refractivity contribution in [1.29, 1.82) is 0 Å². The van der Waals surface area contributed by atoms with Crippen molar-refractivity contribution in [2.75, 3.05) is 40.5 Å². The average molecular weight is 294 g/mol. The topological polar surface area (TPSA) is 33.7 Å². The molecular formula is C17H30N2O2. The summed E-state index contributed by atoms with van der Waals surface area (Å²) < 4.78 is 11.4. The lowest BCUT2D eigenvalue weighted by Gasteiger charge is -2.32. The molecule has 1 aromatic rings. The molecule has 0 unspecified atom stereocenters. The van der Waals surface area contributed by atoms with Gasteiger partial charge in [0.2, 0.25) is 0 Å². The van der Waals surface area contributed by atoms with Crippen molar-refractivity contribution in [3.63, 3.8) is 0 Å². The van der Waals surface area contributed by atoms with Gasteiger partial charge in [-0.1, -0.05) is 19.1 Å². The van der Waals surface area contributed by atoms with Gasteiger partial charge in [-0.2, -0.15) is 0 Å². The summed E-state index contributed by atoms with van der Waals surface area (Å²) in [4.78, 5) is 2.16. The van der Waals surface area contributed by atoms with Crippen LogP contribution >= 0.6 is 0 Å². The number of likely N-dealkylation sites (N-methyl/N-ethyl adjacent to an activating group) is 1. The van der Waals surface area contributed by atoms with E-state index in [2.05, 4.69) is 57.2 Å². The van der Waals surface area contributed by atoms with Crippen molar-refractivity contribution in [2.24, 2.45) is 0 Å². The molecule has 120 valence electrons. The van der Waals surface area contributed by atoms with Gasteiger partial charge in [0.15, 0.2) is 0 Å². The van der Waals surface area contributed by atoms with Gasteiger partial charge in [-0.3, -0.25) is 0 Å². The number of hydrogen-bond donors (Lipinski definition) is 1. The molecule has 0 saturated carbocycles. The summed E-state index contributed by atoms with van der Waals surface area (Å²) in [5.74, 6) is 0.894. The summed E-state index contributed by atoms with van der Waals surface area (Å²) in [6, 6.07) is 8.20. The first kappa shape index (κ1) is 18.0. The highest BCUT2D eigenvalue weighted by Crippen LogP contribution is 2.13. The van der Waals surface area contributed by atoms with Gasteiger partial charge < -0.3 is 19.7 Å². The Morgan fingerprint density at radius 1 is 1.10 bits per heavy atom. The van der Waals surface area contributed by atoms with Crippen LogP contribution in [0.4, 0.5) is 0 Å². The molecule has 0 aliphatic carbocycles. The van der Waals surface area contributed by atoms with Gasteiger partial charge >= 0.3 is 0 Å². The van der Waals surface area contributed by atoms with Gasteiger partial charge in [0.25, 0.3) is 0 Å². The van der Waals surface area contributed by atoms with Crippen LogP contribution in [0.15, 0.2) is 24.3 Å². The largest absolute Gasteiger partial charge is 0.491 e. The van der Waals surface area contributed by atoms with E-state index >= 15 is 0 Å². The van der Waals surface area contributed by atoms with Crippen LogP contribution in [0.1, 0.15) is 26.3 Å². The molecule has 0 aromatic heterocycles. The molecule has 1 N–H and O–H groups in total. The maximum Gasteiger partial charge on any atom is 0.119 e. The zero-order chi connectivity index (χ0) is 15.7. The summed E-state index contributed by atoms with van der Waals surface area (Å²) in [7, 11) is 4.13. The quantitative estimate of drug-likeness (QED) is 0.672. The van der Waals surface area contributed by atoms with Gasteiger partial charge in [0.05, 0.1) is 13.2 Å². The SMILES string of the molecule is CCNCc1ccc(OCCOCC(C)(C)N(C)C)cc1. The molecular weight excluding hydrogens is 264 g/mol. The van der Waals surface area contributed by atoms with Crippen LogP contribution in [-0.4, -0.2) is 50.9 Å². The number of ether oxygens (including phenoxy) is 2. The van der Waals surface area contributed by atoms with Gasteiger partial charge in [-0.05, 0) is 52.2 Å². The van der Waals surface area contributed by atoms with Gasteiger partial charge in [0.1, 0.15) is 12.4 Å². The number of nitrogens with one attached hydrogen (secondary N) is 1. The minimum Gasteiger partial charge on any atom is -0.491 e. The Bertz CT molecular complexity index is 388. The molecule has 0 aliphatic rings. The van der Waals surface area contributed by atoms with Crippen LogP contribution < -0.4 is 10.1 Å². The second kappa shape index (κ2) is 9.03. The predicted molar refractivity (Wildman–Crippen MR) is 87.9 cm³/mol. The van der Waals surface area contributed by atoms with Crippen molar-refractivity contribution in [3.05, 3.63) is 29.8 Å². The highest BCUT2D eigenvalue weighted by molar-refractivity contribution is 5.27. The zero-order valence-corrected chi connectivity index (χ0v) is 14.1. The predicted octanol–water partition coefficient (Wildman–Crippen LogP) is 2.53. The first-order chi connectivity index (χ1) is 9.95. The van der Waals surface area contributed by atoms with Crippen LogP contribution in [0.2, 0.25) is 0 Å². The monoisotopic (exact) mass is 294 g/mol. The van der Waals surface area contributed by atoms with E-state index in [9.17, 15) is 0 Å². The minimum atomic E-state index is 0.0495. The Kier molecular flexibility index (Phi) is 7.72. The van der Waals surface area contributed by atoms with Gasteiger partial charge in [-0.25, -0.2) is 0 Å². The first-order valence-electron chi connectivity index (χ1n) is 7.63. The number of hydrogen-bond acceptors (Lipinski definition) is 4. The Morgan fingerprint density at radius 3 is 2.33 bits per heavy atom. The lowest BCUT2D eigenvalue weighted by Crippen LogP contribution is -2.42. The van der Waals surface area contributed by atoms with Crippen LogP contribution in [-0.2, 0) is 11.3 Å². The first-order valence-corrected chi connectivity index (χ1v) is 7.63. The minimum absolute atomic E-state index is 0.0495. The van der Waals surface area contributed by atoms with E-state index in [1.807, 2.05) is 12.1 Å². The maximum absolute atomic E-state index is 5.68. The molecule has 4 nitrogen and oxygen atoms in total. The standard InChI is InChI=1S/C17H30N2O2/c1-6-18-13-15-7-9-16(10-8-15)21-12-11-20-14-17(2,3)19(4)5/h7-10,18H,6,11-14H2,1-5H3. The van der Waals surface area contributed by atoms with Crippen molar-refractivity contribution in [2.45, 2.75) is 32.9 Å². The molecule has 0 spiro atoms. The van der Waals surface area contributed by atoms with E-state index in [-0.39, 0.29) is 5.54 Å². The van der Waals surface area contributed by atoms with Crippen LogP contribution in [0, 0.1) is 0 Å². The molecule has 0 radical (unpaired) electrons. The fourth-order valence-corrected chi connectivity index (χ4v) is 1.64. The summed E-state index contributed by atoms with van der Waals surface area (Å²) in [5, 5.41) is 3.30. The molecule has 1 aromatic carbocycles. The smallest absolute Gasteiger partial charge is 0.119 e. The van der Waals surface area contributed by atoms with E-state index in [4.69, 9.17) is 9.47 Å². The zero-order valence-electron chi connectivity index (χ0n) is 14.1. The van der Waals surface area contributed by atoms with E-state index in [1.165, 1.54) is 5.56 Å². The van der Waals surface area contributed by atoms with E-state index in [0.29, 0.717) is 19.8 Å². The summed E-state index contributed by atoms with van der Waals surface area (Å²) in [6.07, 6.45) is 0. The maximum atomic E-state index is 5.68. The van der Waals surface area contributed by atoms with Gasteiger partial charge in [0, 0.05) is 12.1 Å². The molecule has 0 fully saturated rings. The number of rotatable bonds is 10. The van der Waals surface area contributed by atoms with Crippen molar-refractivity contribution < 1.29 is 9.47 Å². The summed E-state index contributed by atoms with van der Waals surface area (Å²) in [5.41, 5.74) is 1.32. The third-order valence-electron chi connectivity index (χ3n) is 3.66. The Morgan fingerprint density at radius 2 is 1.76 bits per heavy atom. The Hall–Kier alpha value is -1.10. The van der Waals surface area contributed by atoms with E-state index in [0.717, 1.165) is 18.8 Å². The second-order valence-electron chi connectivity index (χ2n) is 6.03. The summed E-state index contributed by atoms with van der Waals surface area (Å²) in [6.45, 7) is 10.2. The number of nitrogens with zero attached hydrogens (tertiary/aromatic N) is 1. The molecule has 0 heterocycles. The molecule has 0 amide bonds. The third kappa shape index (κ3) is 6.93. The van der Waals surface area contributed by atoms with E-state index in [1.54, 1.807) is 0 Å². The fraction of sp³-hybridized carbons (Fsp3) is 0.647. The van der Waals surface area contributed by atoms with Crippen LogP contribution in [0.25, 0.3) is 0 Å². The average Bonchev–Trinajstić information content (AvgIpc) is 2.45. The van der Waals surface area contributed by atoms with Crippen molar-refractivity contribution >= 4 is 0 Å². The van der Waals surface area contributed by atoms with Crippen molar-refractivity contribution in [3.8, 4) is 5.75 Å². The highest BCUT2D eigenvalue weighted by atomic mass is 16.5. The Balaban J connectivity index is 2.21. The Labute approximate surface area is 129 Å². The second-order valence-corrected chi connectivity index (χ2v) is 6.03. The van der Waals surface area contributed by atoms with Gasteiger partial charge in [-0.15, -0.1) is 0 Å². The molecule has 21 heavy (non-hydrogen) atoms. The van der Waals surface area contributed by atoms with E-state index < -0.39 is 0 Å². The van der Waals surface area contributed by atoms with Crippen LogP contribution in [0.3, 0.4) is 0 Å². The fourth-order valence-electron chi connectivity index (χ4n) is 1.64. The third-order valence-corrected chi connectivity index (χ3v) is 3.66. The molecule has 1 rings (SSSR count). The van der Waals surface area contributed by atoms with Crippen molar-refractivity contribution in [1.82, 2.24) is 10.2 Å². The highest BCUT2D eigenvalue weighted by Gasteiger charge is 2.20. The lowest BCUT2D eigenvalue weighted by atomic mass is 10.1.